The molecule has 0 bridgehead atoms. The van der Waals surface area contributed by atoms with Gasteiger partial charge in [0, 0.05) is 5.92 Å². The van der Waals surface area contributed by atoms with E-state index >= 15 is 0 Å². The van der Waals surface area contributed by atoms with Crippen molar-refractivity contribution in [2.45, 2.75) is 18.8 Å². The molecule has 1 aromatic carbocycles. The molecule has 1 aromatic rings. The smallest absolute Gasteiger partial charge is 0.0825 e. The second kappa shape index (κ2) is 3.72. The number of nitrogens with two attached hydrogens (primary N) is 1. The van der Waals surface area contributed by atoms with Gasteiger partial charge in [0.25, 0.3) is 0 Å². The SMILES string of the molecule is c1ccc(C2CCC[NH2+]C2)cc1. The van der Waals surface area contributed by atoms with E-state index in [0.717, 1.165) is 5.92 Å². The molecule has 0 aliphatic carbocycles. The predicted octanol–water partition coefficient (Wildman–Crippen LogP) is 1.13. The van der Waals surface area contributed by atoms with Gasteiger partial charge in [0.05, 0.1) is 13.1 Å². The third-order valence-electron chi connectivity index (χ3n) is 2.68. The molecule has 1 aliphatic heterocycles. The summed E-state index contributed by atoms with van der Waals surface area (Å²) in [5, 5.41) is 2.43. The average Bonchev–Trinajstić information content (AvgIpc) is 2.21. The van der Waals surface area contributed by atoms with Gasteiger partial charge in [-0.15, -0.1) is 0 Å². The Morgan fingerprint density at radius 3 is 2.67 bits per heavy atom. The van der Waals surface area contributed by atoms with Gasteiger partial charge < -0.3 is 5.32 Å². The second-order valence-electron chi connectivity index (χ2n) is 3.56. The Kier molecular flexibility index (Phi) is 2.42. The number of hydrogen-bond donors (Lipinski definition) is 1. The maximum Gasteiger partial charge on any atom is 0.0825 e. The van der Waals surface area contributed by atoms with E-state index in [9.17, 15) is 0 Å². The fraction of sp³-hybridized carbons (Fsp3) is 0.455. The maximum atomic E-state index is 2.43. The van der Waals surface area contributed by atoms with Crippen LogP contribution in [0.4, 0.5) is 0 Å². The zero-order chi connectivity index (χ0) is 8.23. The van der Waals surface area contributed by atoms with E-state index in [1.165, 1.54) is 31.5 Å². The van der Waals surface area contributed by atoms with Crippen molar-refractivity contribution >= 4 is 0 Å². The Balaban J connectivity index is 2.08. The molecule has 1 aliphatic rings. The lowest BCUT2D eigenvalue weighted by molar-refractivity contribution is -0.664. The molecule has 0 amide bonds. The molecule has 1 unspecified atom stereocenters. The molecule has 2 N–H and O–H groups in total. The minimum atomic E-state index is 0.806. The normalized spacial score (nSPS) is 23.8. The quantitative estimate of drug-likeness (QED) is 0.637. The van der Waals surface area contributed by atoms with E-state index < -0.39 is 0 Å². The van der Waals surface area contributed by atoms with Crippen LogP contribution in [0.3, 0.4) is 0 Å². The van der Waals surface area contributed by atoms with Crippen LogP contribution < -0.4 is 5.32 Å². The van der Waals surface area contributed by atoms with Gasteiger partial charge in [0.2, 0.25) is 0 Å². The predicted molar refractivity (Wildman–Crippen MR) is 50.1 cm³/mol. The van der Waals surface area contributed by atoms with Crippen LogP contribution >= 0.6 is 0 Å². The summed E-state index contributed by atoms with van der Waals surface area (Å²) in [6.45, 7) is 2.60. The third-order valence-corrected chi connectivity index (χ3v) is 2.68. The highest BCUT2D eigenvalue weighted by Crippen LogP contribution is 2.20. The van der Waals surface area contributed by atoms with Crippen molar-refractivity contribution in [2.24, 2.45) is 0 Å². The Morgan fingerprint density at radius 1 is 1.17 bits per heavy atom. The number of hydrogen-bond acceptors (Lipinski definition) is 0. The first-order valence-corrected chi connectivity index (χ1v) is 4.83. The molecule has 1 heteroatoms. The van der Waals surface area contributed by atoms with Gasteiger partial charge in [-0.2, -0.15) is 0 Å². The maximum absolute atomic E-state index is 2.43. The Morgan fingerprint density at radius 2 is 2.00 bits per heavy atom. The molecule has 1 heterocycles. The molecule has 1 saturated heterocycles. The zero-order valence-electron chi connectivity index (χ0n) is 7.37. The fourth-order valence-electron chi connectivity index (χ4n) is 1.97. The Hall–Kier alpha value is -0.820. The van der Waals surface area contributed by atoms with Gasteiger partial charge in [0.15, 0.2) is 0 Å². The first-order valence-electron chi connectivity index (χ1n) is 4.83. The van der Waals surface area contributed by atoms with Gasteiger partial charge in [-0.25, -0.2) is 0 Å². The second-order valence-corrected chi connectivity index (χ2v) is 3.56. The first-order chi connectivity index (χ1) is 5.97. The molecule has 0 aromatic heterocycles. The van der Waals surface area contributed by atoms with Gasteiger partial charge in [-0.3, -0.25) is 0 Å². The molecule has 0 saturated carbocycles. The van der Waals surface area contributed by atoms with Gasteiger partial charge in [0.1, 0.15) is 0 Å². The van der Waals surface area contributed by atoms with Crippen LogP contribution in [0, 0.1) is 0 Å². The highest BCUT2D eigenvalue weighted by atomic mass is 14.9. The Bertz CT molecular complexity index is 224. The van der Waals surface area contributed by atoms with Crippen LogP contribution in [-0.4, -0.2) is 13.1 Å². The van der Waals surface area contributed by atoms with Crippen molar-refractivity contribution in [3.8, 4) is 0 Å². The molecule has 1 fully saturated rings. The fourth-order valence-corrected chi connectivity index (χ4v) is 1.97. The molecule has 12 heavy (non-hydrogen) atoms. The lowest BCUT2D eigenvalue weighted by atomic mass is 9.92. The van der Waals surface area contributed by atoms with Gasteiger partial charge in [-0.05, 0) is 18.4 Å². The summed E-state index contributed by atoms with van der Waals surface area (Å²) in [7, 11) is 0. The summed E-state index contributed by atoms with van der Waals surface area (Å²) < 4.78 is 0. The van der Waals surface area contributed by atoms with Crippen molar-refractivity contribution in [1.29, 1.82) is 0 Å². The molecule has 64 valence electrons. The lowest BCUT2D eigenvalue weighted by Crippen LogP contribution is -2.86. The minimum Gasteiger partial charge on any atom is -0.346 e. The summed E-state index contributed by atoms with van der Waals surface area (Å²) in [6, 6.07) is 10.9. The minimum absolute atomic E-state index is 0.806. The topological polar surface area (TPSA) is 16.6 Å². The van der Waals surface area contributed by atoms with Crippen LogP contribution in [0.25, 0.3) is 0 Å². The van der Waals surface area contributed by atoms with E-state index in [4.69, 9.17) is 0 Å². The zero-order valence-corrected chi connectivity index (χ0v) is 7.37. The standard InChI is InChI=1S/C11H15N/c1-2-5-10(6-3-1)11-7-4-8-12-9-11/h1-3,5-6,11-12H,4,7-9H2/p+1. The summed E-state index contributed by atoms with van der Waals surface area (Å²) in [6.07, 6.45) is 2.75. The van der Waals surface area contributed by atoms with Crippen LogP contribution in [0.5, 0.6) is 0 Å². The summed E-state index contributed by atoms with van der Waals surface area (Å²) in [4.78, 5) is 0. The van der Waals surface area contributed by atoms with E-state index in [0.29, 0.717) is 0 Å². The molecule has 1 nitrogen and oxygen atoms in total. The van der Waals surface area contributed by atoms with Crippen molar-refractivity contribution in [1.82, 2.24) is 0 Å². The van der Waals surface area contributed by atoms with Gasteiger partial charge in [-0.1, -0.05) is 30.3 Å². The number of piperidine rings is 1. The number of benzene rings is 1. The van der Waals surface area contributed by atoms with Crippen molar-refractivity contribution in [2.75, 3.05) is 13.1 Å². The van der Waals surface area contributed by atoms with E-state index in [-0.39, 0.29) is 0 Å². The molecule has 2 rings (SSSR count). The highest BCUT2D eigenvalue weighted by molar-refractivity contribution is 5.19. The molecular formula is C11H16N+. The molecular weight excluding hydrogens is 146 g/mol. The van der Waals surface area contributed by atoms with E-state index in [1.807, 2.05) is 0 Å². The largest absolute Gasteiger partial charge is 0.346 e. The number of quaternary nitrogens is 1. The first kappa shape index (κ1) is 7.81. The number of rotatable bonds is 1. The van der Waals surface area contributed by atoms with E-state index in [2.05, 4.69) is 35.6 Å². The summed E-state index contributed by atoms with van der Waals surface area (Å²) in [5.41, 5.74) is 1.52. The van der Waals surface area contributed by atoms with Crippen LogP contribution in [-0.2, 0) is 0 Å². The lowest BCUT2D eigenvalue weighted by Gasteiger charge is -2.20. The van der Waals surface area contributed by atoms with Crippen molar-refractivity contribution in [3.05, 3.63) is 35.9 Å². The van der Waals surface area contributed by atoms with Crippen molar-refractivity contribution in [3.63, 3.8) is 0 Å². The Labute approximate surface area is 73.8 Å². The molecule has 0 radical (unpaired) electrons. The van der Waals surface area contributed by atoms with Crippen molar-refractivity contribution < 1.29 is 5.32 Å². The van der Waals surface area contributed by atoms with Crippen LogP contribution in [0.2, 0.25) is 0 Å². The average molecular weight is 162 g/mol. The highest BCUT2D eigenvalue weighted by Gasteiger charge is 2.16. The third kappa shape index (κ3) is 1.67. The molecule has 1 atom stereocenters. The monoisotopic (exact) mass is 162 g/mol. The van der Waals surface area contributed by atoms with Gasteiger partial charge >= 0.3 is 0 Å². The molecule has 0 spiro atoms. The van der Waals surface area contributed by atoms with Crippen LogP contribution in [0.1, 0.15) is 24.3 Å². The summed E-state index contributed by atoms with van der Waals surface area (Å²) >= 11 is 0. The van der Waals surface area contributed by atoms with Crippen LogP contribution in [0.15, 0.2) is 30.3 Å². The summed E-state index contributed by atoms with van der Waals surface area (Å²) in [5.74, 6) is 0.806. The van der Waals surface area contributed by atoms with E-state index in [1.54, 1.807) is 0 Å².